The molecule has 4 rings (SSSR count). The van der Waals surface area contributed by atoms with Crippen LogP contribution in [-0.4, -0.2) is 40.7 Å². The average molecular weight is 485 g/mol. The molecular weight excluding hydrogens is 454 g/mol. The number of carboxylic acid groups (broad SMARTS) is 1. The standard InChI is InChI=1S/C27H30F2N2O4/c1-2-35-27-25(21-12-13-22(28)23(29)14-21)26(20-6-4-3-5-7-20)30-31(27)15-18-8-10-19(11-9-18)16-34-17-24(32)33/h3-7,12-14,18-19H,2,8-11,15-17H2,1H3,(H,32,33)/t18-,19-. The highest BCUT2D eigenvalue weighted by atomic mass is 19.2. The second-order valence-corrected chi connectivity index (χ2v) is 8.93. The van der Waals surface area contributed by atoms with Crippen LogP contribution in [0.1, 0.15) is 32.6 Å². The summed E-state index contributed by atoms with van der Waals surface area (Å²) in [4.78, 5) is 10.7. The third kappa shape index (κ3) is 6.06. The van der Waals surface area contributed by atoms with E-state index in [1.807, 2.05) is 41.9 Å². The highest BCUT2D eigenvalue weighted by Gasteiger charge is 2.27. The van der Waals surface area contributed by atoms with E-state index in [0.717, 1.165) is 37.3 Å². The van der Waals surface area contributed by atoms with Crippen LogP contribution < -0.4 is 4.74 Å². The molecule has 35 heavy (non-hydrogen) atoms. The van der Waals surface area contributed by atoms with Gasteiger partial charge < -0.3 is 14.6 Å². The predicted octanol–water partition coefficient (Wildman–Crippen LogP) is 5.80. The normalized spacial score (nSPS) is 17.9. The fourth-order valence-corrected chi connectivity index (χ4v) is 4.70. The Morgan fingerprint density at radius 1 is 1.03 bits per heavy atom. The Labute approximate surface area is 203 Å². The smallest absolute Gasteiger partial charge is 0.329 e. The highest BCUT2D eigenvalue weighted by molar-refractivity contribution is 5.84. The molecule has 0 aliphatic heterocycles. The van der Waals surface area contributed by atoms with E-state index < -0.39 is 17.6 Å². The molecule has 1 N–H and O–H groups in total. The Morgan fingerprint density at radius 2 is 1.74 bits per heavy atom. The Balaban J connectivity index is 1.61. The molecule has 1 aliphatic carbocycles. The minimum atomic E-state index is -0.952. The molecule has 1 aliphatic rings. The maximum Gasteiger partial charge on any atom is 0.329 e. The van der Waals surface area contributed by atoms with E-state index in [4.69, 9.17) is 19.7 Å². The number of hydrogen-bond acceptors (Lipinski definition) is 4. The van der Waals surface area contributed by atoms with Crippen molar-refractivity contribution in [3.63, 3.8) is 0 Å². The van der Waals surface area contributed by atoms with Crippen molar-refractivity contribution in [2.24, 2.45) is 11.8 Å². The van der Waals surface area contributed by atoms with E-state index in [9.17, 15) is 13.6 Å². The van der Waals surface area contributed by atoms with Crippen LogP contribution in [0.2, 0.25) is 0 Å². The Morgan fingerprint density at radius 3 is 2.40 bits per heavy atom. The number of aliphatic carboxylic acids is 1. The minimum absolute atomic E-state index is 0.264. The number of ether oxygens (including phenoxy) is 2. The van der Waals surface area contributed by atoms with Gasteiger partial charge in [-0.1, -0.05) is 36.4 Å². The lowest BCUT2D eigenvalue weighted by molar-refractivity contribution is -0.142. The average Bonchev–Trinajstić information content (AvgIpc) is 3.20. The van der Waals surface area contributed by atoms with Crippen LogP contribution in [0.3, 0.4) is 0 Å². The monoisotopic (exact) mass is 484 g/mol. The molecular formula is C27H30F2N2O4. The Hall–Kier alpha value is -3.26. The number of halogens is 2. The lowest BCUT2D eigenvalue weighted by Gasteiger charge is -2.28. The number of carboxylic acids is 1. The van der Waals surface area contributed by atoms with Crippen LogP contribution >= 0.6 is 0 Å². The van der Waals surface area contributed by atoms with Gasteiger partial charge in [0.05, 0.1) is 18.8 Å². The second-order valence-electron chi connectivity index (χ2n) is 8.93. The SMILES string of the molecule is CCOc1c(-c2ccc(F)c(F)c2)c(-c2ccccc2)nn1C[C@H]1CC[C@H](COCC(=O)O)CC1. The molecule has 0 radical (unpaired) electrons. The highest BCUT2D eigenvalue weighted by Crippen LogP contribution is 2.41. The van der Waals surface area contributed by atoms with Gasteiger partial charge in [0.2, 0.25) is 5.88 Å². The zero-order valence-electron chi connectivity index (χ0n) is 19.8. The van der Waals surface area contributed by atoms with Crippen LogP contribution in [0, 0.1) is 23.5 Å². The van der Waals surface area contributed by atoms with Crippen LogP contribution in [0.4, 0.5) is 8.78 Å². The van der Waals surface area contributed by atoms with Crippen molar-refractivity contribution in [2.45, 2.75) is 39.2 Å². The van der Waals surface area contributed by atoms with Crippen molar-refractivity contribution in [2.75, 3.05) is 19.8 Å². The van der Waals surface area contributed by atoms with Gasteiger partial charge in [0, 0.05) is 12.1 Å². The van der Waals surface area contributed by atoms with Gasteiger partial charge in [0.15, 0.2) is 11.6 Å². The van der Waals surface area contributed by atoms with Gasteiger partial charge in [-0.3, -0.25) is 0 Å². The van der Waals surface area contributed by atoms with Crippen molar-refractivity contribution in [1.29, 1.82) is 0 Å². The van der Waals surface area contributed by atoms with Crippen molar-refractivity contribution in [3.05, 3.63) is 60.2 Å². The van der Waals surface area contributed by atoms with Gasteiger partial charge in [-0.05, 0) is 62.1 Å². The van der Waals surface area contributed by atoms with Crippen molar-refractivity contribution < 1.29 is 28.2 Å². The molecule has 0 saturated heterocycles. The van der Waals surface area contributed by atoms with Gasteiger partial charge in [-0.25, -0.2) is 18.3 Å². The lowest BCUT2D eigenvalue weighted by Crippen LogP contribution is -2.23. The second kappa shape index (κ2) is 11.4. The van der Waals surface area contributed by atoms with Gasteiger partial charge in [-0.2, -0.15) is 5.10 Å². The molecule has 1 saturated carbocycles. The number of aromatic nitrogens is 2. The molecule has 1 heterocycles. The van der Waals surface area contributed by atoms with Crippen molar-refractivity contribution in [1.82, 2.24) is 9.78 Å². The number of rotatable bonds is 10. The lowest BCUT2D eigenvalue weighted by atomic mass is 9.82. The summed E-state index contributed by atoms with van der Waals surface area (Å²) in [6.45, 7) is 3.13. The predicted molar refractivity (Wildman–Crippen MR) is 128 cm³/mol. The molecule has 0 unspecified atom stereocenters. The summed E-state index contributed by atoms with van der Waals surface area (Å²) >= 11 is 0. The zero-order chi connectivity index (χ0) is 24.8. The quantitative estimate of drug-likeness (QED) is 0.394. The summed E-state index contributed by atoms with van der Waals surface area (Å²) in [6.07, 6.45) is 3.84. The summed E-state index contributed by atoms with van der Waals surface area (Å²) in [5.41, 5.74) is 2.69. The molecule has 0 spiro atoms. The largest absolute Gasteiger partial charge is 0.480 e. The van der Waals surface area contributed by atoms with E-state index in [2.05, 4.69) is 0 Å². The number of nitrogens with zero attached hydrogens (tertiary/aromatic N) is 2. The molecule has 0 amide bonds. The summed E-state index contributed by atoms with van der Waals surface area (Å²) in [6, 6.07) is 13.5. The van der Waals surface area contributed by atoms with E-state index in [1.54, 1.807) is 6.07 Å². The summed E-state index contributed by atoms with van der Waals surface area (Å²) in [5.74, 6) is -1.50. The van der Waals surface area contributed by atoms with Crippen LogP contribution in [-0.2, 0) is 16.1 Å². The maximum absolute atomic E-state index is 14.2. The first kappa shape index (κ1) is 24.9. The van der Waals surface area contributed by atoms with Gasteiger partial charge in [0.1, 0.15) is 12.3 Å². The third-order valence-corrected chi connectivity index (χ3v) is 6.42. The molecule has 0 atom stereocenters. The fraction of sp³-hybridized carbons (Fsp3) is 0.407. The summed E-state index contributed by atoms with van der Waals surface area (Å²) in [7, 11) is 0. The van der Waals surface area contributed by atoms with Crippen molar-refractivity contribution >= 4 is 5.97 Å². The van der Waals surface area contributed by atoms with E-state index >= 15 is 0 Å². The molecule has 3 aromatic rings. The molecule has 0 bridgehead atoms. The molecule has 2 aromatic carbocycles. The summed E-state index contributed by atoms with van der Waals surface area (Å²) < 4.78 is 41.0. The molecule has 6 nitrogen and oxygen atoms in total. The molecule has 1 aromatic heterocycles. The Bertz CT molecular complexity index is 1140. The number of benzene rings is 2. The Kier molecular flexibility index (Phi) is 8.13. The van der Waals surface area contributed by atoms with Gasteiger partial charge >= 0.3 is 5.97 Å². The first-order valence-corrected chi connectivity index (χ1v) is 12.0. The number of carbonyl (C=O) groups is 1. The number of hydrogen-bond donors (Lipinski definition) is 1. The molecule has 186 valence electrons. The minimum Gasteiger partial charge on any atom is -0.480 e. The zero-order valence-corrected chi connectivity index (χ0v) is 19.8. The van der Waals surface area contributed by atoms with Crippen LogP contribution in [0.15, 0.2) is 48.5 Å². The van der Waals surface area contributed by atoms with E-state index in [-0.39, 0.29) is 6.61 Å². The van der Waals surface area contributed by atoms with Crippen LogP contribution in [0.25, 0.3) is 22.4 Å². The molecule has 1 fully saturated rings. The van der Waals surface area contributed by atoms with E-state index in [0.29, 0.717) is 54.3 Å². The van der Waals surface area contributed by atoms with Crippen LogP contribution in [0.5, 0.6) is 5.88 Å². The topological polar surface area (TPSA) is 73.6 Å². The van der Waals surface area contributed by atoms with Crippen molar-refractivity contribution in [3.8, 4) is 28.3 Å². The van der Waals surface area contributed by atoms with E-state index in [1.165, 1.54) is 6.07 Å². The van der Waals surface area contributed by atoms with Gasteiger partial charge in [-0.15, -0.1) is 0 Å². The summed E-state index contributed by atoms with van der Waals surface area (Å²) in [5, 5.41) is 13.6. The first-order chi connectivity index (χ1) is 17.0. The fourth-order valence-electron chi connectivity index (χ4n) is 4.70. The molecule has 8 heteroatoms. The van der Waals surface area contributed by atoms with Gasteiger partial charge in [0.25, 0.3) is 0 Å². The first-order valence-electron chi connectivity index (χ1n) is 12.0. The third-order valence-electron chi connectivity index (χ3n) is 6.42. The maximum atomic E-state index is 14.2.